The van der Waals surface area contributed by atoms with Gasteiger partial charge in [0.1, 0.15) is 0 Å². The van der Waals surface area contributed by atoms with Crippen LogP contribution in [-0.4, -0.2) is 24.3 Å². The van der Waals surface area contributed by atoms with Crippen LogP contribution in [-0.2, 0) is 4.79 Å². The van der Waals surface area contributed by atoms with E-state index in [9.17, 15) is 9.90 Å². The van der Waals surface area contributed by atoms with Crippen LogP contribution in [0.4, 0.5) is 0 Å². The SMILES string of the molecule is COc1ccc(C(C#Cc2ccccc2)CC(=O)O)cc1OC1CCCC1. The summed E-state index contributed by atoms with van der Waals surface area (Å²) in [4.78, 5) is 11.4. The molecule has 0 aromatic heterocycles. The monoisotopic (exact) mass is 364 g/mol. The van der Waals surface area contributed by atoms with Crippen LogP contribution in [0.25, 0.3) is 0 Å². The van der Waals surface area contributed by atoms with Gasteiger partial charge >= 0.3 is 5.97 Å². The molecule has 1 aliphatic carbocycles. The highest BCUT2D eigenvalue weighted by Gasteiger charge is 2.20. The number of rotatable bonds is 6. The zero-order chi connectivity index (χ0) is 19.1. The first-order valence-corrected chi connectivity index (χ1v) is 9.28. The molecular weight excluding hydrogens is 340 g/mol. The van der Waals surface area contributed by atoms with E-state index in [-0.39, 0.29) is 12.5 Å². The Labute approximate surface area is 160 Å². The Balaban J connectivity index is 1.89. The molecule has 0 spiro atoms. The fourth-order valence-corrected chi connectivity index (χ4v) is 3.31. The molecule has 0 amide bonds. The molecule has 0 heterocycles. The topological polar surface area (TPSA) is 55.8 Å². The summed E-state index contributed by atoms with van der Waals surface area (Å²) >= 11 is 0. The molecular formula is C23H24O4. The molecule has 1 unspecified atom stereocenters. The van der Waals surface area contributed by atoms with Gasteiger partial charge in [-0.3, -0.25) is 4.79 Å². The van der Waals surface area contributed by atoms with Crippen molar-refractivity contribution in [3.63, 3.8) is 0 Å². The number of ether oxygens (including phenoxy) is 2. The minimum atomic E-state index is -0.878. The van der Waals surface area contributed by atoms with Crippen LogP contribution < -0.4 is 9.47 Å². The van der Waals surface area contributed by atoms with Crippen LogP contribution in [0.1, 0.15) is 49.1 Å². The van der Waals surface area contributed by atoms with Gasteiger partial charge < -0.3 is 14.6 Å². The van der Waals surface area contributed by atoms with E-state index < -0.39 is 11.9 Å². The molecule has 3 rings (SSSR count). The second-order valence-electron chi connectivity index (χ2n) is 6.72. The minimum absolute atomic E-state index is 0.0605. The third-order valence-corrected chi connectivity index (χ3v) is 4.73. The van der Waals surface area contributed by atoms with Crippen LogP contribution in [0.15, 0.2) is 48.5 Å². The zero-order valence-electron chi connectivity index (χ0n) is 15.5. The van der Waals surface area contributed by atoms with Crippen molar-refractivity contribution in [2.24, 2.45) is 0 Å². The molecule has 1 fully saturated rings. The number of carboxylic acids is 1. The molecule has 140 valence electrons. The quantitative estimate of drug-likeness (QED) is 0.760. The Morgan fingerprint density at radius 1 is 1.15 bits per heavy atom. The summed E-state index contributed by atoms with van der Waals surface area (Å²) in [7, 11) is 1.61. The Hall–Kier alpha value is -2.93. The molecule has 0 bridgehead atoms. The molecule has 1 saturated carbocycles. The third kappa shape index (κ3) is 5.27. The molecule has 4 heteroatoms. The lowest BCUT2D eigenvalue weighted by Gasteiger charge is -2.18. The summed E-state index contributed by atoms with van der Waals surface area (Å²) in [5.74, 6) is 6.23. The molecule has 0 radical (unpaired) electrons. The summed E-state index contributed by atoms with van der Waals surface area (Å²) in [6.07, 6.45) is 4.57. The maximum Gasteiger partial charge on any atom is 0.304 e. The van der Waals surface area contributed by atoms with Gasteiger partial charge in [0.2, 0.25) is 0 Å². The highest BCUT2D eigenvalue weighted by molar-refractivity contribution is 5.69. The molecule has 4 nitrogen and oxygen atoms in total. The molecule has 0 saturated heterocycles. The van der Waals surface area contributed by atoms with Gasteiger partial charge in [-0.15, -0.1) is 0 Å². The Morgan fingerprint density at radius 2 is 1.89 bits per heavy atom. The van der Waals surface area contributed by atoms with Crippen molar-refractivity contribution >= 4 is 5.97 Å². The van der Waals surface area contributed by atoms with Gasteiger partial charge in [-0.1, -0.05) is 36.1 Å². The highest BCUT2D eigenvalue weighted by atomic mass is 16.5. The molecule has 1 atom stereocenters. The zero-order valence-corrected chi connectivity index (χ0v) is 15.5. The molecule has 0 aliphatic heterocycles. The first-order chi connectivity index (χ1) is 13.2. The van der Waals surface area contributed by atoms with Crippen LogP contribution in [0, 0.1) is 11.8 Å². The van der Waals surface area contributed by atoms with E-state index in [0.29, 0.717) is 11.5 Å². The van der Waals surface area contributed by atoms with Crippen molar-refractivity contribution in [2.45, 2.75) is 44.1 Å². The summed E-state index contributed by atoms with van der Waals surface area (Å²) < 4.78 is 11.6. The van der Waals surface area contributed by atoms with Gasteiger partial charge in [-0.05, 0) is 55.5 Å². The third-order valence-electron chi connectivity index (χ3n) is 4.73. The van der Waals surface area contributed by atoms with Crippen molar-refractivity contribution in [1.29, 1.82) is 0 Å². The highest BCUT2D eigenvalue weighted by Crippen LogP contribution is 2.35. The van der Waals surface area contributed by atoms with Gasteiger partial charge in [0, 0.05) is 5.56 Å². The number of hydrogen-bond donors (Lipinski definition) is 1. The van der Waals surface area contributed by atoms with Crippen molar-refractivity contribution in [2.75, 3.05) is 7.11 Å². The van der Waals surface area contributed by atoms with Crippen LogP contribution >= 0.6 is 0 Å². The van der Waals surface area contributed by atoms with Crippen LogP contribution in [0.2, 0.25) is 0 Å². The van der Waals surface area contributed by atoms with E-state index in [4.69, 9.17) is 9.47 Å². The molecule has 1 aliphatic rings. The first-order valence-electron chi connectivity index (χ1n) is 9.28. The van der Waals surface area contributed by atoms with Crippen molar-refractivity contribution in [3.8, 4) is 23.3 Å². The fraction of sp³-hybridized carbons (Fsp3) is 0.348. The van der Waals surface area contributed by atoms with E-state index >= 15 is 0 Å². The molecule has 2 aromatic carbocycles. The lowest BCUT2D eigenvalue weighted by molar-refractivity contribution is -0.137. The van der Waals surface area contributed by atoms with Gasteiger partial charge in [0.05, 0.1) is 25.6 Å². The Kier molecular flexibility index (Phi) is 6.38. The number of aliphatic carboxylic acids is 1. The standard InChI is InChI=1S/C23H24O4/c1-26-21-14-13-18(15-22(21)27-20-9-5-6-10-20)19(16-23(24)25)12-11-17-7-3-2-4-8-17/h2-4,7-8,13-15,19-20H,5-6,9-10,16H2,1H3,(H,24,25). The molecule has 27 heavy (non-hydrogen) atoms. The lowest BCUT2D eigenvalue weighted by Crippen LogP contribution is -2.12. The van der Waals surface area contributed by atoms with Gasteiger partial charge in [-0.2, -0.15) is 0 Å². The molecule has 2 aromatic rings. The number of hydrogen-bond acceptors (Lipinski definition) is 3. The summed E-state index contributed by atoms with van der Waals surface area (Å²) in [6.45, 7) is 0. The summed E-state index contributed by atoms with van der Waals surface area (Å²) in [5, 5.41) is 9.32. The predicted molar refractivity (Wildman–Crippen MR) is 104 cm³/mol. The Bertz CT molecular complexity index is 826. The first kappa shape index (κ1) is 18.8. The van der Waals surface area contributed by atoms with E-state index in [1.807, 2.05) is 48.5 Å². The average Bonchev–Trinajstić information content (AvgIpc) is 3.19. The maximum absolute atomic E-state index is 11.4. The van der Waals surface area contributed by atoms with Crippen molar-refractivity contribution in [3.05, 3.63) is 59.7 Å². The summed E-state index contributed by atoms with van der Waals surface area (Å²) in [6, 6.07) is 15.2. The number of carbonyl (C=O) groups is 1. The van der Waals surface area contributed by atoms with E-state index in [1.54, 1.807) is 7.11 Å². The number of methoxy groups -OCH3 is 1. The average molecular weight is 364 g/mol. The van der Waals surface area contributed by atoms with Crippen LogP contribution in [0.5, 0.6) is 11.5 Å². The largest absolute Gasteiger partial charge is 0.493 e. The predicted octanol–water partition coefficient (Wildman–Crippen LogP) is 4.63. The van der Waals surface area contributed by atoms with E-state index in [2.05, 4.69) is 11.8 Å². The van der Waals surface area contributed by atoms with E-state index in [0.717, 1.165) is 24.0 Å². The number of carboxylic acid groups (broad SMARTS) is 1. The minimum Gasteiger partial charge on any atom is -0.493 e. The van der Waals surface area contributed by atoms with E-state index in [1.165, 1.54) is 12.8 Å². The second-order valence-corrected chi connectivity index (χ2v) is 6.72. The van der Waals surface area contributed by atoms with Gasteiger partial charge in [0.25, 0.3) is 0 Å². The van der Waals surface area contributed by atoms with Gasteiger partial charge in [0.15, 0.2) is 11.5 Å². The fourth-order valence-electron chi connectivity index (χ4n) is 3.31. The summed E-state index contributed by atoms with van der Waals surface area (Å²) in [5.41, 5.74) is 1.69. The van der Waals surface area contributed by atoms with Crippen LogP contribution in [0.3, 0.4) is 0 Å². The number of benzene rings is 2. The molecule has 1 N–H and O–H groups in total. The van der Waals surface area contributed by atoms with Crippen molar-refractivity contribution in [1.82, 2.24) is 0 Å². The maximum atomic E-state index is 11.4. The Morgan fingerprint density at radius 3 is 2.56 bits per heavy atom. The lowest BCUT2D eigenvalue weighted by atomic mass is 9.95. The second kappa shape index (κ2) is 9.14. The van der Waals surface area contributed by atoms with Crippen molar-refractivity contribution < 1.29 is 19.4 Å². The normalized spacial score (nSPS) is 14.9. The van der Waals surface area contributed by atoms with Gasteiger partial charge in [-0.25, -0.2) is 0 Å². The smallest absolute Gasteiger partial charge is 0.304 e.